The SMILES string of the molecule is C=C(C)c1ccc(C2=Cc3sc4cc(C=Cc5ccc6c(c5)SC5C=C(N(c7ccccc7)c7ccccc7)CCC65)ccc4c3CC2)cc1. The van der Waals surface area contributed by atoms with Crippen LogP contribution in [0, 0.1) is 0 Å². The maximum atomic E-state index is 4.09. The Labute approximate surface area is 304 Å². The molecule has 0 radical (unpaired) electrons. The van der Waals surface area contributed by atoms with Gasteiger partial charge >= 0.3 is 0 Å². The molecule has 1 aromatic heterocycles. The van der Waals surface area contributed by atoms with E-state index < -0.39 is 0 Å². The first kappa shape index (κ1) is 31.2. The molecule has 0 N–H and O–H groups in total. The number of hydrogen-bond donors (Lipinski definition) is 0. The molecule has 244 valence electrons. The molecule has 0 spiro atoms. The van der Waals surface area contributed by atoms with Gasteiger partial charge in [-0.05, 0) is 119 Å². The van der Waals surface area contributed by atoms with Gasteiger partial charge in [0.25, 0.3) is 0 Å². The summed E-state index contributed by atoms with van der Waals surface area (Å²) < 4.78 is 1.38. The van der Waals surface area contributed by atoms with Crippen LogP contribution in [-0.2, 0) is 6.42 Å². The Morgan fingerprint density at radius 3 is 2.18 bits per heavy atom. The van der Waals surface area contributed by atoms with Crippen LogP contribution >= 0.6 is 23.1 Å². The maximum Gasteiger partial charge on any atom is 0.0458 e. The number of nitrogens with zero attached hydrogens (tertiary/aromatic N) is 1. The van der Waals surface area contributed by atoms with Crippen molar-refractivity contribution < 1.29 is 0 Å². The van der Waals surface area contributed by atoms with Crippen LogP contribution in [0.15, 0.2) is 145 Å². The lowest BCUT2D eigenvalue weighted by Crippen LogP contribution is -2.23. The molecule has 9 rings (SSSR count). The third-order valence-corrected chi connectivity index (χ3v) is 13.0. The van der Waals surface area contributed by atoms with E-state index in [4.69, 9.17) is 0 Å². The van der Waals surface area contributed by atoms with Crippen LogP contribution < -0.4 is 4.90 Å². The molecule has 0 saturated carbocycles. The summed E-state index contributed by atoms with van der Waals surface area (Å²) in [6, 6.07) is 44.6. The number of thiophene rings is 1. The van der Waals surface area contributed by atoms with Crippen molar-refractivity contribution in [3.63, 3.8) is 0 Å². The Hall–Kier alpha value is -4.83. The van der Waals surface area contributed by atoms with Gasteiger partial charge in [0.1, 0.15) is 0 Å². The van der Waals surface area contributed by atoms with E-state index in [2.05, 4.69) is 164 Å². The summed E-state index contributed by atoms with van der Waals surface area (Å²) in [6.07, 6.45) is 14.0. The molecule has 2 unspecified atom stereocenters. The average Bonchev–Trinajstić information content (AvgIpc) is 3.71. The number of fused-ring (bicyclic) bond motifs is 6. The number of thioether (sulfide) groups is 1. The summed E-state index contributed by atoms with van der Waals surface area (Å²) >= 11 is 3.97. The number of aryl methyl sites for hydroxylation is 1. The van der Waals surface area contributed by atoms with Crippen LogP contribution in [0.1, 0.15) is 70.4 Å². The van der Waals surface area contributed by atoms with E-state index in [0.29, 0.717) is 11.2 Å². The van der Waals surface area contributed by atoms with Crippen molar-refractivity contribution >= 4 is 73.9 Å². The quantitative estimate of drug-likeness (QED) is 0.154. The number of para-hydroxylation sites is 2. The molecule has 3 heteroatoms. The van der Waals surface area contributed by atoms with E-state index in [1.54, 1.807) is 0 Å². The zero-order chi connectivity index (χ0) is 33.6. The summed E-state index contributed by atoms with van der Waals surface area (Å²) in [5.74, 6) is 0.572. The fourth-order valence-electron chi connectivity index (χ4n) is 7.88. The molecule has 2 heterocycles. The highest BCUT2D eigenvalue weighted by Gasteiger charge is 2.36. The molecule has 0 fully saturated rings. The van der Waals surface area contributed by atoms with Crippen LogP contribution in [-0.4, -0.2) is 5.25 Å². The molecule has 1 aliphatic heterocycles. The number of benzene rings is 5. The van der Waals surface area contributed by atoms with Gasteiger partial charge in [-0.1, -0.05) is 115 Å². The van der Waals surface area contributed by atoms with E-state index in [1.807, 2.05) is 23.1 Å². The van der Waals surface area contributed by atoms with Crippen molar-refractivity contribution in [3.05, 3.63) is 178 Å². The van der Waals surface area contributed by atoms with E-state index in [1.165, 1.54) is 82.3 Å². The minimum absolute atomic E-state index is 0.459. The third kappa shape index (κ3) is 5.89. The van der Waals surface area contributed by atoms with Gasteiger partial charge in [0.05, 0.1) is 0 Å². The van der Waals surface area contributed by atoms with Crippen molar-refractivity contribution in [2.75, 3.05) is 4.90 Å². The third-order valence-electron chi connectivity index (χ3n) is 10.5. The average molecular weight is 682 g/mol. The summed E-state index contributed by atoms with van der Waals surface area (Å²) in [6.45, 7) is 6.15. The predicted octanol–water partition coefficient (Wildman–Crippen LogP) is 13.7. The Morgan fingerprint density at radius 1 is 0.760 bits per heavy atom. The van der Waals surface area contributed by atoms with Crippen LogP contribution in [0.5, 0.6) is 0 Å². The fourth-order valence-corrected chi connectivity index (χ4v) is 10.7. The highest BCUT2D eigenvalue weighted by atomic mass is 32.2. The first-order chi connectivity index (χ1) is 24.6. The van der Waals surface area contributed by atoms with Crippen molar-refractivity contribution in [3.8, 4) is 0 Å². The molecule has 0 bridgehead atoms. The molecule has 50 heavy (non-hydrogen) atoms. The van der Waals surface area contributed by atoms with Gasteiger partial charge in [0.2, 0.25) is 0 Å². The highest BCUT2D eigenvalue weighted by molar-refractivity contribution is 8.00. The summed E-state index contributed by atoms with van der Waals surface area (Å²) in [7, 11) is 0. The largest absolute Gasteiger partial charge is 0.315 e. The lowest BCUT2D eigenvalue weighted by Gasteiger charge is -2.33. The molecule has 0 saturated heterocycles. The predicted molar refractivity (Wildman–Crippen MR) is 219 cm³/mol. The lowest BCUT2D eigenvalue weighted by molar-refractivity contribution is 0.609. The minimum atomic E-state index is 0.459. The minimum Gasteiger partial charge on any atom is -0.315 e. The van der Waals surface area contributed by atoms with Crippen molar-refractivity contribution in [2.45, 2.75) is 48.7 Å². The van der Waals surface area contributed by atoms with E-state index in [0.717, 1.165) is 24.8 Å². The van der Waals surface area contributed by atoms with Gasteiger partial charge < -0.3 is 4.90 Å². The van der Waals surface area contributed by atoms with E-state index in [9.17, 15) is 0 Å². The van der Waals surface area contributed by atoms with E-state index >= 15 is 0 Å². The monoisotopic (exact) mass is 681 g/mol. The molecule has 0 amide bonds. The van der Waals surface area contributed by atoms with Gasteiger partial charge in [0.15, 0.2) is 0 Å². The Morgan fingerprint density at radius 2 is 1.46 bits per heavy atom. The van der Waals surface area contributed by atoms with Gasteiger partial charge in [0, 0.05) is 42.7 Å². The van der Waals surface area contributed by atoms with Crippen LogP contribution in [0.25, 0.3) is 39.5 Å². The number of allylic oxidation sites excluding steroid dienone is 3. The topological polar surface area (TPSA) is 3.24 Å². The van der Waals surface area contributed by atoms with Gasteiger partial charge in [-0.3, -0.25) is 0 Å². The van der Waals surface area contributed by atoms with Gasteiger partial charge in [-0.25, -0.2) is 0 Å². The van der Waals surface area contributed by atoms with Crippen LogP contribution in [0.4, 0.5) is 11.4 Å². The van der Waals surface area contributed by atoms with Crippen molar-refractivity contribution in [1.29, 1.82) is 0 Å². The fraction of sp³-hybridized carbons (Fsp3) is 0.149. The van der Waals surface area contributed by atoms with Crippen LogP contribution in [0.2, 0.25) is 0 Å². The number of rotatable bonds is 7. The van der Waals surface area contributed by atoms with Gasteiger partial charge in [-0.15, -0.1) is 23.1 Å². The smallest absolute Gasteiger partial charge is 0.0458 e. The summed E-state index contributed by atoms with van der Waals surface area (Å²) in [5.41, 5.74) is 14.5. The van der Waals surface area contributed by atoms with Crippen molar-refractivity contribution in [1.82, 2.24) is 0 Å². The number of hydrogen-bond acceptors (Lipinski definition) is 3. The second-order valence-electron chi connectivity index (χ2n) is 13.8. The van der Waals surface area contributed by atoms with E-state index in [-0.39, 0.29) is 0 Å². The second kappa shape index (κ2) is 13.1. The summed E-state index contributed by atoms with van der Waals surface area (Å²) in [4.78, 5) is 5.30. The highest BCUT2D eigenvalue weighted by Crippen LogP contribution is 2.52. The molecular weight excluding hydrogens is 643 g/mol. The Kier molecular flexibility index (Phi) is 8.19. The van der Waals surface area contributed by atoms with Crippen LogP contribution in [0.3, 0.4) is 0 Å². The number of anilines is 2. The first-order valence-electron chi connectivity index (χ1n) is 17.7. The summed E-state index contributed by atoms with van der Waals surface area (Å²) in [5, 5.41) is 1.87. The zero-order valence-corrected chi connectivity index (χ0v) is 29.9. The Bertz CT molecular complexity index is 2280. The second-order valence-corrected chi connectivity index (χ2v) is 16.1. The van der Waals surface area contributed by atoms with Gasteiger partial charge in [-0.2, -0.15) is 0 Å². The molecule has 5 aromatic carbocycles. The standard InChI is InChI=1S/C47H39NS2/c1-31(2)34-17-19-35(20-18-34)36-21-25-42-40-23-15-32(27-44(40)49-46(42)29-36)13-14-33-16-24-41-43-26-22-39(30-47(43)50-45(41)28-33)48(37-9-5-3-6-10-37)38-11-7-4-8-12-38/h3-20,23-24,27-30,43,47H,1,21-22,25-26H2,2H3. The normalized spacial score (nSPS) is 17.9. The van der Waals surface area contributed by atoms with Crippen molar-refractivity contribution in [2.24, 2.45) is 0 Å². The zero-order valence-electron chi connectivity index (χ0n) is 28.3. The molecular formula is C47H39NS2. The maximum absolute atomic E-state index is 4.09. The first-order valence-corrected chi connectivity index (χ1v) is 19.4. The molecule has 2 atom stereocenters. The molecule has 6 aromatic rings. The molecule has 3 aliphatic rings. The molecule has 1 nitrogen and oxygen atoms in total. The molecule has 2 aliphatic carbocycles. The lowest BCUT2D eigenvalue weighted by atomic mass is 9.85. The Balaban J connectivity index is 0.936.